The monoisotopic (exact) mass is 769 g/mol. The van der Waals surface area contributed by atoms with Crippen molar-refractivity contribution < 1.29 is 28.6 Å². The number of hydrogen-bond donors (Lipinski definition) is 0. The molecule has 6 heteroatoms. The van der Waals surface area contributed by atoms with Gasteiger partial charge in [-0.3, -0.25) is 14.4 Å². The maximum atomic E-state index is 12.6. The molecular formula is C49H84O6. The van der Waals surface area contributed by atoms with E-state index in [4.69, 9.17) is 14.2 Å². The number of allylic oxidation sites excluding steroid dienone is 9. The minimum absolute atomic E-state index is 0.0998. The third kappa shape index (κ3) is 42.1. The summed E-state index contributed by atoms with van der Waals surface area (Å²) in [6.45, 7) is 6.35. The first-order valence-corrected chi connectivity index (χ1v) is 22.8. The van der Waals surface area contributed by atoms with Crippen LogP contribution in [0.25, 0.3) is 0 Å². The maximum absolute atomic E-state index is 12.6. The molecule has 0 aromatic heterocycles. The Morgan fingerprint density at radius 3 is 1.04 bits per heavy atom. The smallest absolute Gasteiger partial charge is 0.310 e. The van der Waals surface area contributed by atoms with Crippen molar-refractivity contribution in [1.82, 2.24) is 0 Å². The summed E-state index contributed by atoms with van der Waals surface area (Å²) >= 11 is 0. The second kappa shape index (κ2) is 43.8. The predicted octanol–water partition coefficient (Wildman–Crippen LogP) is 14.5. The number of esters is 3. The highest BCUT2D eigenvalue weighted by Gasteiger charge is 2.19. The number of hydrogen-bond acceptors (Lipinski definition) is 6. The summed E-state index contributed by atoms with van der Waals surface area (Å²) in [5.74, 6) is -1.06. The molecule has 0 aliphatic carbocycles. The van der Waals surface area contributed by atoms with Crippen LogP contribution in [-0.4, -0.2) is 37.2 Å². The van der Waals surface area contributed by atoms with E-state index in [9.17, 15) is 14.4 Å². The van der Waals surface area contributed by atoms with E-state index >= 15 is 0 Å². The van der Waals surface area contributed by atoms with Gasteiger partial charge in [0.05, 0.1) is 6.42 Å². The summed E-state index contributed by atoms with van der Waals surface area (Å²) in [5, 5.41) is 0. The van der Waals surface area contributed by atoms with Crippen LogP contribution in [0.1, 0.15) is 213 Å². The van der Waals surface area contributed by atoms with E-state index < -0.39 is 12.1 Å². The van der Waals surface area contributed by atoms with Crippen molar-refractivity contribution in [3.05, 3.63) is 60.8 Å². The number of carbonyl (C=O) groups is 3. The predicted molar refractivity (Wildman–Crippen MR) is 233 cm³/mol. The lowest BCUT2D eigenvalue weighted by atomic mass is 10.0. The van der Waals surface area contributed by atoms with Crippen LogP contribution >= 0.6 is 0 Å². The van der Waals surface area contributed by atoms with Gasteiger partial charge in [-0.15, -0.1) is 0 Å². The van der Waals surface area contributed by atoms with Crippen molar-refractivity contribution in [2.45, 2.75) is 219 Å². The van der Waals surface area contributed by atoms with Crippen LogP contribution in [0.2, 0.25) is 0 Å². The SMILES string of the molecule is CC/C=C\C/C=C\C/C=C\C/C=C\C/C=C\CC(=O)OC(COC(=O)CCCCCCC)COC(=O)CCCCCCCCCCCCCCCCCCC. The van der Waals surface area contributed by atoms with Gasteiger partial charge in [-0.1, -0.05) is 210 Å². The molecule has 0 rings (SSSR count). The first-order chi connectivity index (χ1) is 27.0. The molecule has 0 bridgehead atoms. The average Bonchev–Trinajstić information content (AvgIpc) is 3.18. The largest absolute Gasteiger partial charge is 0.462 e. The zero-order valence-electron chi connectivity index (χ0n) is 35.9. The van der Waals surface area contributed by atoms with Gasteiger partial charge in [0.2, 0.25) is 0 Å². The van der Waals surface area contributed by atoms with Gasteiger partial charge in [0.25, 0.3) is 0 Å². The van der Waals surface area contributed by atoms with E-state index in [0.29, 0.717) is 12.8 Å². The van der Waals surface area contributed by atoms with E-state index in [2.05, 4.69) is 69.4 Å². The van der Waals surface area contributed by atoms with Crippen LogP contribution < -0.4 is 0 Å². The first kappa shape index (κ1) is 52.1. The van der Waals surface area contributed by atoms with Gasteiger partial charge in [-0.25, -0.2) is 0 Å². The van der Waals surface area contributed by atoms with Gasteiger partial charge in [0, 0.05) is 12.8 Å². The van der Waals surface area contributed by atoms with Crippen molar-refractivity contribution in [2.24, 2.45) is 0 Å². The number of unbranched alkanes of at least 4 members (excludes halogenated alkanes) is 20. The van der Waals surface area contributed by atoms with Crippen LogP contribution in [0.5, 0.6) is 0 Å². The molecule has 0 aliphatic heterocycles. The molecule has 0 aromatic carbocycles. The van der Waals surface area contributed by atoms with Crippen LogP contribution in [0.15, 0.2) is 60.8 Å². The Balaban J connectivity index is 4.32. The number of rotatable bonds is 40. The summed E-state index contributed by atoms with van der Waals surface area (Å²) in [6, 6.07) is 0. The topological polar surface area (TPSA) is 78.9 Å². The number of ether oxygens (including phenoxy) is 3. The van der Waals surface area contributed by atoms with Crippen LogP contribution in [0.4, 0.5) is 0 Å². The lowest BCUT2D eigenvalue weighted by Gasteiger charge is -2.18. The maximum Gasteiger partial charge on any atom is 0.310 e. The summed E-state index contributed by atoms with van der Waals surface area (Å²) in [4.78, 5) is 37.4. The molecule has 0 fully saturated rings. The molecule has 1 atom stereocenters. The summed E-state index contributed by atoms with van der Waals surface area (Å²) in [5.41, 5.74) is 0. The standard InChI is InChI=1S/C49H84O6/c1-4-7-10-13-15-17-19-21-23-24-26-27-29-31-33-36-39-42-48(51)54-45-46(44-53-47(50)41-38-35-12-9-6-3)55-49(52)43-40-37-34-32-30-28-25-22-20-18-16-14-11-8-5-2/h8,11,16,18,22,25,30,32,37,40,46H,4-7,9-10,12-15,17,19-21,23-24,26-29,31,33-36,38-39,41-45H2,1-3H3/b11-8-,18-16-,25-22-,32-30-,40-37-. The second-order valence-electron chi connectivity index (χ2n) is 15.0. The van der Waals surface area contributed by atoms with Crippen LogP contribution in [-0.2, 0) is 28.6 Å². The first-order valence-electron chi connectivity index (χ1n) is 22.8. The van der Waals surface area contributed by atoms with Crippen molar-refractivity contribution in [2.75, 3.05) is 13.2 Å². The molecule has 6 nitrogen and oxygen atoms in total. The molecule has 316 valence electrons. The minimum Gasteiger partial charge on any atom is -0.462 e. The lowest BCUT2D eigenvalue weighted by Crippen LogP contribution is -2.30. The molecule has 0 saturated carbocycles. The summed E-state index contributed by atoms with van der Waals surface area (Å²) in [6.07, 6.45) is 52.6. The Morgan fingerprint density at radius 2 is 0.691 bits per heavy atom. The Morgan fingerprint density at radius 1 is 0.382 bits per heavy atom. The Kier molecular flexibility index (Phi) is 41.5. The van der Waals surface area contributed by atoms with E-state index in [0.717, 1.165) is 83.5 Å². The van der Waals surface area contributed by atoms with E-state index in [1.807, 2.05) is 6.08 Å². The van der Waals surface area contributed by atoms with Gasteiger partial charge < -0.3 is 14.2 Å². The molecule has 0 aliphatic rings. The zero-order valence-corrected chi connectivity index (χ0v) is 35.9. The molecule has 55 heavy (non-hydrogen) atoms. The molecule has 0 N–H and O–H groups in total. The molecule has 0 aromatic rings. The van der Waals surface area contributed by atoms with E-state index in [1.165, 1.54) is 89.9 Å². The van der Waals surface area contributed by atoms with Crippen LogP contribution in [0.3, 0.4) is 0 Å². The van der Waals surface area contributed by atoms with Crippen molar-refractivity contribution in [3.8, 4) is 0 Å². The Labute approximate surface area is 339 Å². The van der Waals surface area contributed by atoms with Gasteiger partial charge in [0.1, 0.15) is 13.2 Å². The highest BCUT2D eigenvalue weighted by Crippen LogP contribution is 2.15. The molecular weight excluding hydrogens is 685 g/mol. The van der Waals surface area contributed by atoms with Gasteiger partial charge in [-0.2, -0.15) is 0 Å². The quantitative estimate of drug-likeness (QED) is 0.0267. The van der Waals surface area contributed by atoms with Gasteiger partial charge in [-0.05, 0) is 44.9 Å². The third-order valence-electron chi connectivity index (χ3n) is 9.57. The second-order valence-corrected chi connectivity index (χ2v) is 15.0. The molecule has 1 unspecified atom stereocenters. The summed E-state index contributed by atoms with van der Waals surface area (Å²) in [7, 11) is 0. The fourth-order valence-corrected chi connectivity index (χ4v) is 6.16. The normalized spacial score (nSPS) is 12.6. The number of carbonyl (C=O) groups excluding carboxylic acids is 3. The Bertz CT molecular complexity index is 1020. The van der Waals surface area contributed by atoms with Crippen molar-refractivity contribution in [3.63, 3.8) is 0 Å². The minimum atomic E-state index is -0.821. The van der Waals surface area contributed by atoms with Gasteiger partial charge in [0.15, 0.2) is 6.10 Å². The molecule has 0 saturated heterocycles. The molecule has 0 radical (unpaired) electrons. The van der Waals surface area contributed by atoms with Crippen LogP contribution in [0, 0.1) is 0 Å². The zero-order chi connectivity index (χ0) is 40.1. The van der Waals surface area contributed by atoms with E-state index in [1.54, 1.807) is 6.08 Å². The van der Waals surface area contributed by atoms with Crippen molar-refractivity contribution >= 4 is 17.9 Å². The summed E-state index contributed by atoms with van der Waals surface area (Å²) < 4.78 is 16.5. The fourth-order valence-electron chi connectivity index (χ4n) is 6.16. The lowest BCUT2D eigenvalue weighted by molar-refractivity contribution is -0.166. The highest BCUT2D eigenvalue weighted by atomic mass is 16.6. The molecule has 0 amide bonds. The van der Waals surface area contributed by atoms with Crippen molar-refractivity contribution in [1.29, 1.82) is 0 Å². The third-order valence-corrected chi connectivity index (χ3v) is 9.57. The fraction of sp³-hybridized carbons (Fsp3) is 0.735. The van der Waals surface area contributed by atoms with Gasteiger partial charge >= 0.3 is 17.9 Å². The Hall–Kier alpha value is -2.89. The van der Waals surface area contributed by atoms with E-state index in [-0.39, 0.29) is 31.6 Å². The highest BCUT2D eigenvalue weighted by molar-refractivity contribution is 5.72. The molecule has 0 spiro atoms. The average molecular weight is 769 g/mol. The molecule has 0 heterocycles.